The Morgan fingerprint density at radius 2 is 2.11 bits per heavy atom. The molecule has 0 fully saturated rings. The van der Waals surface area contributed by atoms with Gasteiger partial charge >= 0.3 is 0 Å². The number of hydrogen-bond acceptors (Lipinski definition) is 4. The Morgan fingerprint density at radius 1 is 1.39 bits per heavy atom. The Bertz CT molecular complexity index is 527. The van der Waals surface area contributed by atoms with Crippen LogP contribution in [0.15, 0.2) is 35.7 Å². The summed E-state index contributed by atoms with van der Waals surface area (Å²) < 4.78 is 0. The van der Waals surface area contributed by atoms with Crippen LogP contribution in [0, 0.1) is 0 Å². The van der Waals surface area contributed by atoms with E-state index in [1.54, 1.807) is 0 Å². The van der Waals surface area contributed by atoms with Crippen molar-refractivity contribution < 1.29 is 0 Å². The lowest BCUT2D eigenvalue weighted by molar-refractivity contribution is 0.959. The fourth-order valence-corrected chi connectivity index (χ4v) is 2.62. The van der Waals surface area contributed by atoms with Crippen molar-refractivity contribution >= 4 is 51.0 Å². The number of thiocarbonyl (C=S) groups is 1. The number of para-hydroxylation sites is 1. The Kier molecular flexibility index (Phi) is 4.52. The first-order chi connectivity index (χ1) is 8.66. The SMILES string of the molecule is NC(=S)CCN(c1ccccc1)c1nc(Cl)cs1. The predicted octanol–water partition coefficient (Wildman–Crippen LogP) is 3.61. The highest BCUT2D eigenvalue weighted by molar-refractivity contribution is 7.80. The molecule has 2 rings (SSSR count). The van der Waals surface area contributed by atoms with Gasteiger partial charge in [-0.3, -0.25) is 0 Å². The molecule has 0 aliphatic carbocycles. The van der Waals surface area contributed by atoms with E-state index in [1.807, 2.05) is 35.7 Å². The Labute approximate surface area is 120 Å². The number of hydrogen-bond donors (Lipinski definition) is 1. The summed E-state index contributed by atoms with van der Waals surface area (Å²) in [7, 11) is 0. The molecule has 1 aromatic carbocycles. The third kappa shape index (κ3) is 3.41. The van der Waals surface area contributed by atoms with Crippen LogP contribution in [0.5, 0.6) is 0 Å². The minimum Gasteiger partial charge on any atom is -0.393 e. The van der Waals surface area contributed by atoms with Gasteiger partial charge in [0.1, 0.15) is 5.15 Å². The van der Waals surface area contributed by atoms with Crippen molar-refractivity contribution in [3.05, 3.63) is 40.9 Å². The lowest BCUT2D eigenvalue weighted by Gasteiger charge is -2.21. The number of thiazole rings is 1. The molecule has 0 saturated carbocycles. The number of nitrogens with two attached hydrogens (primary N) is 1. The molecule has 0 amide bonds. The molecule has 1 aromatic heterocycles. The van der Waals surface area contributed by atoms with Crippen LogP contribution in [0.4, 0.5) is 10.8 Å². The zero-order valence-corrected chi connectivity index (χ0v) is 11.9. The molecule has 2 aromatic rings. The predicted molar refractivity (Wildman–Crippen MR) is 82.0 cm³/mol. The number of nitrogens with zero attached hydrogens (tertiary/aromatic N) is 2. The first kappa shape index (κ1) is 13.3. The van der Waals surface area contributed by atoms with Gasteiger partial charge < -0.3 is 10.6 Å². The second kappa shape index (κ2) is 6.13. The van der Waals surface area contributed by atoms with Crippen molar-refractivity contribution in [3.8, 4) is 0 Å². The van der Waals surface area contributed by atoms with Gasteiger partial charge in [0, 0.05) is 24.0 Å². The zero-order chi connectivity index (χ0) is 13.0. The van der Waals surface area contributed by atoms with Crippen LogP contribution in [0.2, 0.25) is 5.15 Å². The molecule has 0 bridgehead atoms. The normalized spacial score (nSPS) is 10.3. The van der Waals surface area contributed by atoms with Crippen LogP contribution < -0.4 is 10.6 Å². The van der Waals surface area contributed by atoms with Gasteiger partial charge in [-0.1, -0.05) is 42.0 Å². The quantitative estimate of drug-likeness (QED) is 0.856. The van der Waals surface area contributed by atoms with E-state index in [1.165, 1.54) is 11.3 Å². The van der Waals surface area contributed by atoms with Crippen molar-refractivity contribution in [2.24, 2.45) is 5.73 Å². The first-order valence-corrected chi connectivity index (χ1v) is 7.05. The molecule has 0 aliphatic heterocycles. The molecule has 3 nitrogen and oxygen atoms in total. The summed E-state index contributed by atoms with van der Waals surface area (Å²) in [5, 5.41) is 3.17. The van der Waals surface area contributed by atoms with Crippen molar-refractivity contribution in [2.75, 3.05) is 11.4 Å². The third-order valence-corrected chi connectivity index (χ3v) is 3.74. The van der Waals surface area contributed by atoms with E-state index in [0.717, 1.165) is 10.8 Å². The molecule has 0 radical (unpaired) electrons. The molecule has 0 aliphatic rings. The molecule has 0 spiro atoms. The third-order valence-electron chi connectivity index (χ3n) is 2.34. The molecule has 0 unspecified atom stereocenters. The first-order valence-electron chi connectivity index (χ1n) is 5.39. The summed E-state index contributed by atoms with van der Waals surface area (Å²) in [6.45, 7) is 0.698. The second-order valence-electron chi connectivity index (χ2n) is 3.66. The largest absolute Gasteiger partial charge is 0.393 e. The fraction of sp³-hybridized carbons (Fsp3) is 0.167. The van der Waals surface area contributed by atoms with E-state index in [0.29, 0.717) is 23.1 Å². The summed E-state index contributed by atoms with van der Waals surface area (Å²) in [4.78, 5) is 6.86. The van der Waals surface area contributed by atoms with Crippen LogP contribution in [-0.4, -0.2) is 16.5 Å². The summed E-state index contributed by atoms with van der Waals surface area (Å²) in [5.74, 6) is 0. The van der Waals surface area contributed by atoms with Gasteiger partial charge in [-0.25, -0.2) is 4.98 Å². The second-order valence-corrected chi connectivity index (χ2v) is 5.40. The lowest BCUT2D eigenvalue weighted by Crippen LogP contribution is -2.22. The average Bonchev–Trinajstić information content (AvgIpc) is 2.77. The Balaban J connectivity index is 2.26. The van der Waals surface area contributed by atoms with Gasteiger partial charge in [0.2, 0.25) is 0 Å². The van der Waals surface area contributed by atoms with Gasteiger partial charge in [0.25, 0.3) is 0 Å². The smallest absolute Gasteiger partial charge is 0.191 e. The van der Waals surface area contributed by atoms with E-state index in [-0.39, 0.29) is 0 Å². The molecule has 2 N–H and O–H groups in total. The van der Waals surface area contributed by atoms with Crippen LogP contribution in [0.1, 0.15) is 6.42 Å². The Morgan fingerprint density at radius 3 is 2.67 bits per heavy atom. The minimum absolute atomic E-state index is 0.499. The van der Waals surface area contributed by atoms with Crippen LogP contribution in [-0.2, 0) is 0 Å². The van der Waals surface area contributed by atoms with Gasteiger partial charge in [0.05, 0.1) is 4.99 Å². The molecule has 6 heteroatoms. The fourth-order valence-electron chi connectivity index (χ4n) is 1.53. The van der Waals surface area contributed by atoms with Crippen LogP contribution in [0.25, 0.3) is 0 Å². The van der Waals surface area contributed by atoms with E-state index in [9.17, 15) is 0 Å². The number of benzene rings is 1. The maximum atomic E-state index is 5.88. The standard InChI is InChI=1S/C12H12ClN3S2/c13-10-8-18-12(15-10)16(7-6-11(14)17)9-4-2-1-3-5-9/h1-5,8H,6-7H2,(H2,14,17). The summed E-state index contributed by atoms with van der Waals surface area (Å²) in [6, 6.07) is 9.99. The number of rotatable bonds is 5. The number of anilines is 2. The van der Waals surface area contributed by atoms with Crippen LogP contribution in [0.3, 0.4) is 0 Å². The summed E-state index contributed by atoms with van der Waals surface area (Å²) >= 11 is 12.3. The average molecular weight is 298 g/mol. The highest BCUT2D eigenvalue weighted by atomic mass is 35.5. The molecule has 94 valence electrons. The maximum absolute atomic E-state index is 5.88. The van der Waals surface area contributed by atoms with Crippen molar-refractivity contribution in [3.63, 3.8) is 0 Å². The zero-order valence-electron chi connectivity index (χ0n) is 9.54. The molecular formula is C12H12ClN3S2. The maximum Gasteiger partial charge on any atom is 0.191 e. The van der Waals surface area contributed by atoms with Gasteiger partial charge in [-0.05, 0) is 12.1 Å². The number of aromatic nitrogens is 1. The van der Waals surface area contributed by atoms with E-state index >= 15 is 0 Å². The molecule has 0 saturated heterocycles. The van der Waals surface area contributed by atoms with Crippen molar-refractivity contribution in [2.45, 2.75) is 6.42 Å². The van der Waals surface area contributed by atoms with E-state index < -0.39 is 0 Å². The van der Waals surface area contributed by atoms with E-state index in [4.69, 9.17) is 29.6 Å². The minimum atomic E-state index is 0.499. The van der Waals surface area contributed by atoms with Gasteiger partial charge in [-0.15, -0.1) is 11.3 Å². The van der Waals surface area contributed by atoms with Crippen molar-refractivity contribution in [1.82, 2.24) is 4.98 Å². The van der Waals surface area contributed by atoms with Gasteiger partial charge in [-0.2, -0.15) is 0 Å². The summed E-state index contributed by atoms with van der Waals surface area (Å²) in [6.07, 6.45) is 0.640. The topological polar surface area (TPSA) is 42.1 Å². The monoisotopic (exact) mass is 297 g/mol. The molecule has 1 heterocycles. The lowest BCUT2D eigenvalue weighted by atomic mass is 10.3. The van der Waals surface area contributed by atoms with Crippen LogP contribution >= 0.6 is 35.2 Å². The molecule has 0 atom stereocenters. The highest BCUT2D eigenvalue weighted by Crippen LogP contribution is 2.29. The molecule has 18 heavy (non-hydrogen) atoms. The number of halogens is 1. The molecular weight excluding hydrogens is 286 g/mol. The Hall–Kier alpha value is -1.17. The van der Waals surface area contributed by atoms with Gasteiger partial charge in [0.15, 0.2) is 5.13 Å². The summed E-state index contributed by atoms with van der Waals surface area (Å²) in [5.41, 5.74) is 6.62. The van der Waals surface area contributed by atoms with E-state index in [2.05, 4.69) is 9.88 Å². The highest BCUT2D eigenvalue weighted by Gasteiger charge is 2.13. The van der Waals surface area contributed by atoms with Crippen molar-refractivity contribution in [1.29, 1.82) is 0 Å².